The van der Waals surface area contributed by atoms with Gasteiger partial charge in [-0.2, -0.15) is 0 Å². The van der Waals surface area contributed by atoms with Gasteiger partial charge in [0.15, 0.2) is 0 Å². The van der Waals surface area contributed by atoms with E-state index in [0.29, 0.717) is 0 Å². The van der Waals surface area contributed by atoms with Crippen molar-refractivity contribution in [3.63, 3.8) is 0 Å². The summed E-state index contributed by atoms with van der Waals surface area (Å²) in [5, 5.41) is 9.48. The number of anilines is 3. The van der Waals surface area contributed by atoms with Gasteiger partial charge in [0.2, 0.25) is 0 Å². The molecule has 0 saturated carbocycles. The number of nitrogens with zero attached hydrogens (tertiary/aromatic N) is 2. The quantitative estimate of drug-likeness (QED) is 0.169. The van der Waals surface area contributed by atoms with E-state index in [1.54, 1.807) is 0 Å². The van der Waals surface area contributed by atoms with E-state index in [9.17, 15) is 0 Å². The van der Waals surface area contributed by atoms with Crippen LogP contribution < -0.4 is 4.90 Å². The second kappa shape index (κ2) is 11.7. The molecule has 0 atom stereocenters. The molecule has 11 aromatic rings. The van der Waals surface area contributed by atoms with Gasteiger partial charge in [-0.15, -0.1) is 0 Å². The molecule has 9 aromatic carbocycles. The molecule has 0 aliphatic rings. The lowest BCUT2D eigenvalue weighted by Gasteiger charge is -2.28. The molecule has 0 bridgehead atoms. The zero-order valence-corrected chi connectivity index (χ0v) is 28.8. The Morgan fingerprint density at radius 2 is 1.09 bits per heavy atom. The number of para-hydroxylation sites is 4. The zero-order chi connectivity index (χ0) is 34.9. The van der Waals surface area contributed by atoms with Crippen LogP contribution in [0.2, 0.25) is 0 Å². The van der Waals surface area contributed by atoms with Gasteiger partial charge in [-0.25, -0.2) is 0 Å². The molecular formula is C50H32N2O. The van der Waals surface area contributed by atoms with Crippen molar-refractivity contribution < 1.29 is 4.42 Å². The Balaban J connectivity index is 1.30. The summed E-state index contributed by atoms with van der Waals surface area (Å²) in [6, 6.07) is 69.7. The zero-order valence-electron chi connectivity index (χ0n) is 28.8. The molecule has 0 radical (unpaired) electrons. The van der Waals surface area contributed by atoms with Crippen LogP contribution in [0.25, 0.3) is 82.1 Å². The van der Waals surface area contributed by atoms with Crippen LogP contribution in [0.1, 0.15) is 0 Å². The number of benzene rings is 9. The Kier molecular flexibility index (Phi) is 6.55. The van der Waals surface area contributed by atoms with E-state index < -0.39 is 0 Å². The van der Waals surface area contributed by atoms with Gasteiger partial charge in [-0.3, -0.25) is 0 Å². The first kappa shape index (κ1) is 29.6. The molecule has 11 rings (SSSR count). The van der Waals surface area contributed by atoms with Crippen LogP contribution in [-0.4, -0.2) is 4.57 Å². The van der Waals surface area contributed by atoms with Crippen LogP contribution >= 0.6 is 0 Å². The van der Waals surface area contributed by atoms with Crippen molar-refractivity contribution in [2.45, 2.75) is 0 Å². The number of hydrogen-bond acceptors (Lipinski definition) is 2. The van der Waals surface area contributed by atoms with Gasteiger partial charge in [0.05, 0.1) is 27.8 Å². The van der Waals surface area contributed by atoms with Crippen LogP contribution in [-0.2, 0) is 0 Å². The first-order valence-corrected chi connectivity index (χ1v) is 18.1. The molecule has 0 saturated heterocycles. The van der Waals surface area contributed by atoms with Crippen LogP contribution in [0.4, 0.5) is 17.1 Å². The van der Waals surface area contributed by atoms with Crippen LogP contribution in [0.3, 0.4) is 0 Å². The summed E-state index contributed by atoms with van der Waals surface area (Å²) in [5.41, 5.74) is 10.6. The maximum absolute atomic E-state index is 6.83. The highest BCUT2D eigenvalue weighted by atomic mass is 16.3. The third-order valence-corrected chi connectivity index (χ3v) is 10.7. The lowest BCUT2D eigenvalue weighted by Crippen LogP contribution is -2.12. The fourth-order valence-corrected chi connectivity index (χ4v) is 8.41. The number of fused-ring (bicyclic) bond motifs is 9. The van der Waals surface area contributed by atoms with Gasteiger partial charge in [0.25, 0.3) is 0 Å². The average Bonchev–Trinajstić information content (AvgIpc) is 3.79. The summed E-state index contributed by atoms with van der Waals surface area (Å²) in [5.74, 6) is 0. The Labute approximate surface area is 306 Å². The van der Waals surface area contributed by atoms with Gasteiger partial charge < -0.3 is 13.9 Å². The van der Waals surface area contributed by atoms with Gasteiger partial charge in [0, 0.05) is 33.1 Å². The molecule has 0 unspecified atom stereocenters. The molecule has 0 amide bonds. The summed E-state index contributed by atoms with van der Waals surface area (Å²) >= 11 is 0. The first-order valence-electron chi connectivity index (χ1n) is 18.1. The molecular weight excluding hydrogens is 645 g/mol. The summed E-state index contributed by atoms with van der Waals surface area (Å²) in [6.45, 7) is 0. The van der Waals surface area contributed by atoms with E-state index in [0.717, 1.165) is 61.3 Å². The maximum atomic E-state index is 6.83. The van der Waals surface area contributed by atoms with Gasteiger partial charge >= 0.3 is 0 Å². The minimum absolute atomic E-state index is 0.869. The summed E-state index contributed by atoms with van der Waals surface area (Å²) < 4.78 is 9.25. The summed E-state index contributed by atoms with van der Waals surface area (Å²) in [6.07, 6.45) is 0. The molecule has 3 heteroatoms. The molecule has 2 aromatic heterocycles. The maximum Gasteiger partial charge on any atom is 0.145 e. The largest absolute Gasteiger partial charge is 0.455 e. The highest BCUT2D eigenvalue weighted by Crippen LogP contribution is 2.49. The first-order chi connectivity index (χ1) is 26.3. The molecule has 0 aliphatic carbocycles. The molecule has 2 heterocycles. The molecule has 248 valence electrons. The van der Waals surface area contributed by atoms with Crippen molar-refractivity contribution in [1.29, 1.82) is 0 Å². The van der Waals surface area contributed by atoms with Crippen molar-refractivity contribution >= 4 is 82.4 Å². The number of hydrogen-bond donors (Lipinski definition) is 0. The average molecular weight is 677 g/mol. The number of furan rings is 1. The van der Waals surface area contributed by atoms with Gasteiger partial charge in [0.1, 0.15) is 11.2 Å². The van der Waals surface area contributed by atoms with Crippen molar-refractivity contribution in [3.05, 3.63) is 194 Å². The lowest BCUT2D eigenvalue weighted by atomic mass is 9.98. The van der Waals surface area contributed by atoms with E-state index >= 15 is 0 Å². The van der Waals surface area contributed by atoms with Crippen molar-refractivity contribution in [2.24, 2.45) is 0 Å². The molecule has 0 spiro atoms. The molecule has 0 fully saturated rings. The highest BCUT2D eigenvalue weighted by molar-refractivity contribution is 6.20. The predicted molar refractivity (Wildman–Crippen MR) is 223 cm³/mol. The number of rotatable bonds is 5. The monoisotopic (exact) mass is 676 g/mol. The number of aromatic nitrogens is 1. The second-order valence-electron chi connectivity index (χ2n) is 13.7. The second-order valence-corrected chi connectivity index (χ2v) is 13.7. The summed E-state index contributed by atoms with van der Waals surface area (Å²) in [4.78, 5) is 2.46. The molecule has 53 heavy (non-hydrogen) atoms. The topological polar surface area (TPSA) is 21.3 Å². The lowest BCUT2D eigenvalue weighted by molar-refractivity contribution is 0.670. The van der Waals surface area contributed by atoms with Crippen LogP contribution in [0, 0.1) is 0 Å². The molecule has 0 N–H and O–H groups in total. The third kappa shape index (κ3) is 4.54. The molecule has 0 aliphatic heterocycles. The van der Waals surface area contributed by atoms with E-state index in [4.69, 9.17) is 4.42 Å². The predicted octanol–water partition coefficient (Wildman–Crippen LogP) is 14.1. The van der Waals surface area contributed by atoms with Crippen molar-refractivity contribution in [3.8, 4) is 16.8 Å². The van der Waals surface area contributed by atoms with Gasteiger partial charge in [-0.05, 0) is 81.7 Å². The SMILES string of the molecule is c1ccc(-c2ccc(N(c3ccc4ccc5ccccc5c4c3)c3cccc4c5ccccc5n(-c5ccccc5)c34)c3c2oc2ccccc23)cc1. The van der Waals surface area contributed by atoms with E-state index in [1.807, 2.05) is 0 Å². The van der Waals surface area contributed by atoms with Crippen LogP contribution in [0.5, 0.6) is 0 Å². The Morgan fingerprint density at radius 1 is 0.434 bits per heavy atom. The summed E-state index contributed by atoms with van der Waals surface area (Å²) in [7, 11) is 0. The Hall–Kier alpha value is -7.10. The van der Waals surface area contributed by atoms with Crippen LogP contribution in [0.15, 0.2) is 199 Å². The highest BCUT2D eigenvalue weighted by Gasteiger charge is 2.26. The molecule has 3 nitrogen and oxygen atoms in total. The smallest absolute Gasteiger partial charge is 0.145 e. The van der Waals surface area contributed by atoms with Crippen molar-refractivity contribution in [1.82, 2.24) is 4.57 Å². The minimum atomic E-state index is 0.869. The Bertz CT molecular complexity index is 3170. The van der Waals surface area contributed by atoms with Crippen molar-refractivity contribution in [2.75, 3.05) is 4.90 Å². The third-order valence-electron chi connectivity index (χ3n) is 10.7. The van der Waals surface area contributed by atoms with E-state index in [1.165, 1.54) is 37.8 Å². The fraction of sp³-hybridized carbons (Fsp3) is 0. The van der Waals surface area contributed by atoms with E-state index in [2.05, 4.69) is 204 Å². The minimum Gasteiger partial charge on any atom is -0.455 e. The normalized spacial score (nSPS) is 11.8. The fourth-order valence-electron chi connectivity index (χ4n) is 8.41. The Morgan fingerprint density at radius 3 is 1.94 bits per heavy atom. The van der Waals surface area contributed by atoms with E-state index in [-0.39, 0.29) is 0 Å². The van der Waals surface area contributed by atoms with Gasteiger partial charge in [-0.1, -0.05) is 140 Å². The standard InChI is InChI=1S/C50H32N2O/c1-3-14-33(15-4-1)39-30-31-45(48-42-21-10-12-25-47(42)53-50(39)48)51(37-29-28-35-27-26-34-16-7-8-19-38(34)43(35)32-37)46-24-13-22-41-40-20-9-11-23-44(40)52(49(41)46)36-17-5-2-6-18-36/h1-32H.